The molecule has 2 unspecified atom stereocenters. The Balaban J connectivity index is 1.77. The molecule has 1 N–H and O–H groups in total. The molecule has 4 nitrogen and oxygen atoms in total. The van der Waals surface area contributed by atoms with Gasteiger partial charge in [-0.25, -0.2) is 0 Å². The highest BCUT2D eigenvalue weighted by atomic mass is 32.2. The van der Waals surface area contributed by atoms with E-state index in [9.17, 15) is 9.59 Å². The second-order valence-electron chi connectivity index (χ2n) is 5.18. The van der Waals surface area contributed by atoms with Crippen molar-refractivity contribution < 1.29 is 9.59 Å². The molecule has 94 valence electrons. The Hall–Kier alpha value is -0.710. The molecule has 2 saturated heterocycles. The van der Waals surface area contributed by atoms with Gasteiger partial charge in [0.15, 0.2) is 0 Å². The molecule has 3 aliphatic rings. The van der Waals surface area contributed by atoms with Crippen molar-refractivity contribution in [3.05, 3.63) is 0 Å². The van der Waals surface area contributed by atoms with Crippen LogP contribution in [0.5, 0.6) is 0 Å². The summed E-state index contributed by atoms with van der Waals surface area (Å²) >= 11 is 1.91. The molecule has 0 bridgehead atoms. The first kappa shape index (κ1) is 11.4. The highest BCUT2D eigenvalue weighted by Crippen LogP contribution is 2.35. The van der Waals surface area contributed by atoms with Gasteiger partial charge in [-0.05, 0) is 30.9 Å². The molecule has 0 spiro atoms. The smallest absolute Gasteiger partial charge is 0.245 e. The minimum Gasteiger partial charge on any atom is -0.344 e. The fourth-order valence-electron chi connectivity index (χ4n) is 2.70. The van der Waals surface area contributed by atoms with Crippen molar-refractivity contribution in [1.29, 1.82) is 0 Å². The molecule has 5 heteroatoms. The standard InChI is InChI=1S/C12H18N2O2S/c15-10-3-5-14(9-4-6-17-7-9)12(16)11(13-10)8-1-2-8/h8-9,11H,1-7H2,(H,13,15). The fourth-order valence-corrected chi connectivity index (χ4v) is 3.92. The average molecular weight is 254 g/mol. The lowest BCUT2D eigenvalue weighted by Gasteiger charge is -2.29. The van der Waals surface area contributed by atoms with Crippen LogP contribution in [0.4, 0.5) is 0 Å². The van der Waals surface area contributed by atoms with E-state index in [4.69, 9.17) is 0 Å². The maximum atomic E-state index is 12.5. The fraction of sp³-hybridized carbons (Fsp3) is 0.833. The van der Waals surface area contributed by atoms with Crippen LogP contribution >= 0.6 is 11.8 Å². The lowest BCUT2D eigenvalue weighted by Crippen LogP contribution is -2.49. The molecule has 2 amide bonds. The number of amides is 2. The van der Waals surface area contributed by atoms with Crippen molar-refractivity contribution in [3.8, 4) is 0 Å². The van der Waals surface area contributed by atoms with E-state index in [1.165, 1.54) is 0 Å². The zero-order chi connectivity index (χ0) is 11.8. The van der Waals surface area contributed by atoms with E-state index in [-0.39, 0.29) is 17.9 Å². The normalized spacial score (nSPS) is 34.7. The van der Waals surface area contributed by atoms with Gasteiger partial charge in [-0.2, -0.15) is 11.8 Å². The number of thioether (sulfide) groups is 1. The Morgan fingerprint density at radius 3 is 2.71 bits per heavy atom. The molecular formula is C12H18N2O2S. The second-order valence-corrected chi connectivity index (χ2v) is 6.33. The van der Waals surface area contributed by atoms with Crippen LogP contribution in [0.25, 0.3) is 0 Å². The molecule has 0 aromatic carbocycles. The zero-order valence-corrected chi connectivity index (χ0v) is 10.7. The van der Waals surface area contributed by atoms with Crippen LogP contribution in [0, 0.1) is 5.92 Å². The van der Waals surface area contributed by atoms with Crippen LogP contribution in [-0.2, 0) is 9.59 Å². The van der Waals surface area contributed by atoms with Gasteiger partial charge in [0.25, 0.3) is 0 Å². The zero-order valence-electron chi connectivity index (χ0n) is 9.85. The number of carbonyl (C=O) groups excluding carboxylic acids is 2. The van der Waals surface area contributed by atoms with E-state index in [0.717, 1.165) is 30.8 Å². The molecule has 2 heterocycles. The van der Waals surface area contributed by atoms with Gasteiger partial charge in [-0.1, -0.05) is 0 Å². The monoisotopic (exact) mass is 254 g/mol. The molecule has 1 aliphatic carbocycles. The third-order valence-corrected chi connectivity index (χ3v) is 5.03. The summed E-state index contributed by atoms with van der Waals surface area (Å²) < 4.78 is 0. The molecule has 17 heavy (non-hydrogen) atoms. The molecule has 3 fully saturated rings. The number of hydrogen-bond donors (Lipinski definition) is 1. The average Bonchev–Trinajstić information content (AvgIpc) is 3.04. The Morgan fingerprint density at radius 1 is 1.24 bits per heavy atom. The molecule has 0 aromatic rings. The summed E-state index contributed by atoms with van der Waals surface area (Å²) in [6.45, 7) is 0.610. The minimum absolute atomic E-state index is 0.0448. The van der Waals surface area contributed by atoms with Gasteiger partial charge in [-0.15, -0.1) is 0 Å². The molecule has 0 aromatic heterocycles. The van der Waals surface area contributed by atoms with Crippen LogP contribution in [0.1, 0.15) is 25.7 Å². The largest absolute Gasteiger partial charge is 0.344 e. The van der Waals surface area contributed by atoms with Gasteiger partial charge in [-0.3, -0.25) is 9.59 Å². The van der Waals surface area contributed by atoms with E-state index in [2.05, 4.69) is 5.32 Å². The quantitative estimate of drug-likeness (QED) is 0.786. The van der Waals surface area contributed by atoms with Crippen LogP contribution in [0.3, 0.4) is 0 Å². The van der Waals surface area contributed by atoms with Crippen molar-refractivity contribution in [2.45, 2.75) is 37.8 Å². The van der Waals surface area contributed by atoms with Gasteiger partial charge in [0.1, 0.15) is 6.04 Å². The Labute approximate surface area is 105 Å². The van der Waals surface area contributed by atoms with Crippen molar-refractivity contribution in [3.63, 3.8) is 0 Å². The first-order valence-electron chi connectivity index (χ1n) is 6.43. The maximum Gasteiger partial charge on any atom is 0.245 e. The topological polar surface area (TPSA) is 49.4 Å². The summed E-state index contributed by atoms with van der Waals surface area (Å²) in [5.41, 5.74) is 0. The Kier molecular flexibility index (Phi) is 3.03. The van der Waals surface area contributed by atoms with Crippen molar-refractivity contribution in [2.75, 3.05) is 18.1 Å². The minimum atomic E-state index is -0.226. The van der Waals surface area contributed by atoms with Gasteiger partial charge < -0.3 is 10.2 Å². The van der Waals surface area contributed by atoms with E-state index in [1.54, 1.807) is 0 Å². The number of carbonyl (C=O) groups is 2. The summed E-state index contributed by atoms with van der Waals surface area (Å²) in [5.74, 6) is 2.80. The number of nitrogens with one attached hydrogen (secondary N) is 1. The molecular weight excluding hydrogens is 236 g/mol. The van der Waals surface area contributed by atoms with Crippen LogP contribution < -0.4 is 5.32 Å². The van der Waals surface area contributed by atoms with E-state index in [0.29, 0.717) is 24.9 Å². The second kappa shape index (κ2) is 4.52. The predicted octanol–water partition coefficient (Wildman–Crippen LogP) is 0.619. The molecule has 2 atom stereocenters. The van der Waals surface area contributed by atoms with E-state index < -0.39 is 0 Å². The Bertz CT molecular complexity index is 337. The van der Waals surface area contributed by atoms with Crippen molar-refractivity contribution >= 4 is 23.6 Å². The lowest BCUT2D eigenvalue weighted by molar-refractivity contribution is -0.135. The van der Waals surface area contributed by atoms with E-state index >= 15 is 0 Å². The van der Waals surface area contributed by atoms with Crippen molar-refractivity contribution in [2.24, 2.45) is 5.92 Å². The highest BCUT2D eigenvalue weighted by molar-refractivity contribution is 7.99. The summed E-state index contributed by atoms with van der Waals surface area (Å²) in [6.07, 6.45) is 3.73. The van der Waals surface area contributed by atoms with Crippen LogP contribution in [0.15, 0.2) is 0 Å². The number of rotatable bonds is 2. The number of nitrogens with zero attached hydrogens (tertiary/aromatic N) is 1. The van der Waals surface area contributed by atoms with Crippen molar-refractivity contribution in [1.82, 2.24) is 10.2 Å². The van der Waals surface area contributed by atoms with Gasteiger partial charge >= 0.3 is 0 Å². The number of hydrogen-bond acceptors (Lipinski definition) is 3. The first-order valence-corrected chi connectivity index (χ1v) is 7.59. The summed E-state index contributed by atoms with van der Waals surface area (Å²) in [4.78, 5) is 26.1. The Morgan fingerprint density at radius 2 is 2.06 bits per heavy atom. The molecule has 0 radical (unpaired) electrons. The van der Waals surface area contributed by atoms with Crippen LogP contribution in [-0.4, -0.2) is 46.8 Å². The van der Waals surface area contributed by atoms with Crippen LogP contribution in [0.2, 0.25) is 0 Å². The molecule has 1 saturated carbocycles. The van der Waals surface area contributed by atoms with E-state index in [1.807, 2.05) is 16.7 Å². The summed E-state index contributed by atoms with van der Waals surface area (Å²) in [6, 6.07) is 0.136. The summed E-state index contributed by atoms with van der Waals surface area (Å²) in [7, 11) is 0. The van der Waals surface area contributed by atoms with Gasteiger partial charge in [0, 0.05) is 24.8 Å². The highest BCUT2D eigenvalue weighted by Gasteiger charge is 2.42. The molecule has 2 aliphatic heterocycles. The summed E-state index contributed by atoms with van der Waals surface area (Å²) in [5, 5.41) is 2.91. The molecule has 3 rings (SSSR count). The third kappa shape index (κ3) is 2.30. The predicted molar refractivity (Wildman–Crippen MR) is 66.7 cm³/mol. The van der Waals surface area contributed by atoms with Gasteiger partial charge in [0.2, 0.25) is 11.8 Å². The first-order chi connectivity index (χ1) is 8.25. The third-order valence-electron chi connectivity index (χ3n) is 3.89. The SMILES string of the molecule is O=C1CCN(C2CCSC2)C(=O)C(C2CC2)N1. The van der Waals surface area contributed by atoms with Gasteiger partial charge in [0.05, 0.1) is 0 Å². The maximum absolute atomic E-state index is 12.5. The lowest BCUT2D eigenvalue weighted by atomic mass is 10.1.